The number of benzene rings is 1. The third-order valence-corrected chi connectivity index (χ3v) is 3.93. The van der Waals surface area contributed by atoms with E-state index >= 15 is 0 Å². The quantitative estimate of drug-likeness (QED) is 0.803. The molecular weight excluding hydrogens is 296 g/mol. The van der Waals surface area contributed by atoms with E-state index in [0.717, 1.165) is 5.56 Å². The van der Waals surface area contributed by atoms with Crippen LogP contribution in [0.4, 0.5) is 5.82 Å². The second-order valence-electron chi connectivity index (χ2n) is 3.98. The average molecular weight is 308 g/mol. The molecule has 3 N–H and O–H groups in total. The number of hydrogen-bond donors (Lipinski definition) is 2. The summed E-state index contributed by atoms with van der Waals surface area (Å²) >= 11 is 4.80. The largest absolute Gasteiger partial charge is 0.393 e. The van der Waals surface area contributed by atoms with Crippen LogP contribution in [0.1, 0.15) is 5.56 Å². The number of aromatic nitrogens is 2. The smallest absolute Gasteiger partial charge is 0.263 e. The van der Waals surface area contributed by atoms with E-state index in [0.29, 0.717) is 11.4 Å². The molecule has 104 valence electrons. The maximum absolute atomic E-state index is 12.1. The summed E-state index contributed by atoms with van der Waals surface area (Å²) in [6.07, 6.45) is 4.64. The Bertz CT molecular complexity index is 700. The minimum atomic E-state index is -3.68. The van der Waals surface area contributed by atoms with Gasteiger partial charge in [-0.2, -0.15) is 0 Å². The van der Waals surface area contributed by atoms with Crippen molar-refractivity contribution in [1.29, 1.82) is 0 Å². The van der Waals surface area contributed by atoms with Gasteiger partial charge in [0.2, 0.25) is 0 Å². The van der Waals surface area contributed by atoms with Crippen molar-refractivity contribution in [2.45, 2.75) is 11.3 Å². The fourth-order valence-corrected chi connectivity index (χ4v) is 2.70. The van der Waals surface area contributed by atoms with Gasteiger partial charge in [-0.25, -0.2) is 13.4 Å². The van der Waals surface area contributed by atoms with Gasteiger partial charge in [-0.3, -0.25) is 9.71 Å². The maximum Gasteiger partial charge on any atom is 0.263 e. The number of nitrogens with zero attached hydrogens (tertiary/aromatic N) is 2. The predicted molar refractivity (Wildman–Crippen MR) is 79.8 cm³/mol. The summed E-state index contributed by atoms with van der Waals surface area (Å²) in [4.78, 5) is 8.15. The molecule has 0 radical (unpaired) electrons. The van der Waals surface area contributed by atoms with Gasteiger partial charge >= 0.3 is 0 Å². The van der Waals surface area contributed by atoms with Crippen LogP contribution in [0.3, 0.4) is 0 Å². The molecule has 2 aromatic rings. The number of sulfonamides is 1. The molecule has 0 aliphatic heterocycles. The minimum Gasteiger partial charge on any atom is -0.393 e. The lowest BCUT2D eigenvalue weighted by Crippen LogP contribution is -2.14. The normalized spacial score (nSPS) is 11.0. The number of nitrogens with one attached hydrogen (secondary N) is 1. The molecule has 0 aliphatic rings. The zero-order chi connectivity index (χ0) is 14.6. The number of thiocarbonyl (C=S) groups is 1. The van der Waals surface area contributed by atoms with Crippen LogP contribution in [-0.2, 0) is 16.4 Å². The van der Waals surface area contributed by atoms with Gasteiger partial charge in [-0.05, 0) is 17.7 Å². The maximum atomic E-state index is 12.1. The van der Waals surface area contributed by atoms with Crippen molar-refractivity contribution in [1.82, 2.24) is 9.97 Å². The Hall–Kier alpha value is -2.06. The molecule has 0 aliphatic carbocycles. The molecule has 0 atom stereocenters. The lowest BCUT2D eigenvalue weighted by Gasteiger charge is -2.07. The summed E-state index contributed by atoms with van der Waals surface area (Å²) in [6, 6.07) is 6.33. The van der Waals surface area contributed by atoms with E-state index < -0.39 is 10.0 Å². The number of anilines is 1. The standard InChI is InChI=1S/C12H12N4O2S2/c13-11(19)7-9-1-3-10(4-2-9)20(17,18)16-12-8-14-5-6-15-12/h1-6,8H,7H2,(H2,13,19)(H,15,16). The van der Waals surface area contributed by atoms with E-state index in [2.05, 4.69) is 14.7 Å². The molecule has 2 rings (SSSR count). The molecule has 6 nitrogen and oxygen atoms in total. The molecular formula is C12H12N4O2S2. The van der Waals surface area contributed by atoms with Crippen molar-refractivity contribution in [3.05, 3.63) is 48.4 Å². The Morgan fingerprint density at radius 3 is 2.50 bits per heavy atom. The molecule has 1 aromatic carbocycles. The van der Waals surface area contributed by atoms with E-state index in [1.54, 1.807) is 12.1 Å². The van der Waals surface area contributed by atoms with Gasteiger partial charge in [0.1, 0.15) is 0 Å². The molecule has 0 fully saturated rings. The van der Waals surface area contributed by atoms with Crippen LogP contribution in [0.2, 0.25) is 0 Å². The molecule has 0 saturated carbocycles. The highest BCUT2D eigenvalue weighted by Gasteiger charge is 2.14. The van der Waals surface area contributed by atoms with Crippen molar-refractivity contribution in [3.8, 4) is 0 Å². The van der Waals surface area contributed by atoms with Crippen molar-refractivity contribution in [2.75, 3.05) is 4.72 Å². The van der Waals surface area contributed by atoms with Gasteiger partial charge < -0.3 is 5.73 Å². The van der Waals surface area contributed by atoms with E-state index in [-0.39, 0.29) is 10.7 Å². The Balaban J connectivity index is 2.19. The van der Waals surface area contributed by atoms with Crippen LogP contribution >= 0.6 is 12.2 Å². The highest BCUT2D eigenvalue weighted by molar-refractivity contribution is 7.92. The first-order valence-electron chi connectivity index (χ1n) is 5.63. The summed E-state index contributed by atoms with van der Waals surface area (Å²) in [5.74, 6) is 0.166. The van der Waals surface area contributed by atoms with Crippen LogP contribution in [-0.4, -0.2) is 23.4 Å². The van der Waals surface area contributed by atoms with Gasteiger partial charge in [0.25, 0.3) is 10.0 Å². The van der Waals surface area contributed by atoms with Crippen molar-refractivity contribution in [2.24, 2.45) is 5.73 Å². The van der Waals surface area contributed by atoms with Gasteiger partial charge in [-0.15, -0.1) is 0 Å². The Morgan fingerprint density at radius 1 is 1.25 bits per heavy atom. The highest BCUT2D eigenvalue weighted by atomic mass is 32.2. The summed E-state index contributed by atoms with van der Waals surface area (Å²) in [7, 11) is -3.68. The third kappa shape index (κ3) is 3.72. The summed E-state index contributed by atoms with van der Waals surface area (Å²) in [5, 5.41) is 0. The minimum absolute atomic E-state index is 0.134. The topological polar surface area (TPSA) is 98.0 Å². The number of hydrogen-bond acceptors (Lipinski definition) is 5. The van der Waals surface area contributed by atoms with Gasteiger partial charge in [0.05, 0.1) is 16.1 Å². The van der Waals surface area contributed by atoms with Crippen LogP contribution in [0, 0.1) is 0 Å². The Kier molecular flexibility index (Phi) is 4.26. The molecule has 1 heterocycles. The summed E-state index contributed by atoms with van der Waals surface area (Å²) in [5.41, 5.74) is 6.29. The van der Waals surface area contributed by atoms with Crippen LogP contribution in [0.15, 0.2) is 47.8 Å². The van der Waals surface area contributed by atoms with Crippen LogP contribution < -0.4 is 10.5 Å². The predicted octanol–water partition coefficient (Wildman–Crippen LogP) is 1.11. The van der Waals surface area contributed by atoms with Gasteiger partial charge in [0, 0.05) is 18.8 Å². The average Bonchev–Trinajstić information content (AvgIpc) is 2.39. The summed E-state index contributed by atoms with van der Waals surface area (Å²) < 4.78 is 26.6. The lowest BCUT2D eigenvalue weighted by atomic mass is 10.1. The van der Waals surface area contributed by atoms with Crippen molar-refractivity contribution in [3.63, 3.8) is 0 Å². The number of nitrogens with two attached hydrogens (primary N) is 1. The molecule has 8 heteroatoms. The van der Waals surface area contributed by atoms with E-state index in [9.17, 15) is 8.42 Å². The van der Waals surface area contributed by atoms with Gasteiger partial charge in [-0.1, -0.05) is 24.4 Å². The first-order valence-corrected chi connectivity index (χ1v) is 7.52. The SMILES string of the molecule is NC(=S)Cc1ccc(S(=O)(=O)Nc2cnccn2)cc1. The molecule has 0 amide bonds. The van der Waals surface area contributed by atoms with E-state index in [1.807, 2.05) is 0 Å². The number of rotatable bonds is 5. The molecule has 0 bridgehead atoms. The van der Waals surface area contributed by atoms with Crippen LogP contribution in [0.25, 0.3) is 0 Å². The second kappa shape index (κ2) is 5.93. The molecule has 0 saturated heterocycles. The Labute approximate surface area is 122 Å². The fourth-order valence-electron chi connectivity index (χ4n) is 1.54. The zero-order valence-electron chi connectivity index (χ0n) is 10.4. The monoisotopic (exact) mass is 308 g/mol. The zero-order valence-corrected chi connectivity index (χ0v) is 12.0. The first-order chi connectivity index (χ1) is 9.47. The highest BCUT2D eigenvalue weighted by Crippen LogP contribution is 2.14. The van der Waals surface area contributed by atoms with Crippen molar-refractivity contribution >= 4 is 33.0 Å². The molecule has 0 unspecified atom stereocenters. The summed E-state index contributed by atoms with van der Waals surface area (Å²) in [6.45, 7) is 0. The van der Waals surface area contributed by atoms with Crippen molar-refractivity contribution < 1.29 is 8.42 Å². The van der Waals surface area contributed by atoms with Gasteiger partial charge in [0.15, 0.2) is 5.82 Å². The van der Waals surface area contributed by atoms with Crippen LogP contribution in [0.5, 0.6) is 0 Å². The first kappa shape index (κ1) is 14.4. The van der Waals surface area contributed by atoms with E-state index in [4.69, 9.17) is 18.0 Å². The van der Waals surface area contributed by atoms with E-state index in [1.165, 1.54) is 30.7 Å². The molecule has 1 aromatic heterocycles. The third-order valence-electron chi connectivity index (χ3n) is 2.41. The second-order valence-corrected chi connectivity index (χ2v) is 6.19. The lowest BCUT2D eigenvalue weighted by molar-refractivity contribution is 0.601. The fraction of sp³-hybridized carbons (Fsp3) is 0.0833. The molecule has 0 spiro atoms. The molecule has 20 heavy (non-hydrogen) atoms. The Morgan fingerprint density at radius 2 is 1.95 bits per heavy atom.